The third-order valence-electron chi connectivity index (χ3n) is 4.27. The van der Waals surface area contributed by atoms with Crippen LogP contribution in [0.15, 0.2) is 40.0 Å². The number of carbonyl (C=O) groups excluding carboxylic acids is 2. The molecule has 0 N–H and O–H groups in total. The van der Waals surface area contributed by atoms with Crippen molar-refractivity contribution in [3.8, 4) is 0 Å². The predicted octanol–water partition coefficient (Wildman–Crippen LogP) is 4.17. The number of oxazole rings is 1. The highest BCUT2D eigenvalue weighted by Gasteiger charge is 2.17. The zero-order chi connectivity index (χ0) is 19.4. The lowest BCUT2D eigenvalue weighted by molar-refractivity contribution is -0.139. The van der Waals surface area contributed by atoms with Crippen LogP contribution in [0.4, 0.5) is 0 Å². The van der Waals surface area contributed by atoms with E-state index in [1.54, 1.807) is 0 Å². The molecule has 0 aliphatic rings. The Hall–Kier alpha value is -2.54. The Labute approximate surface area is 161 Å². The standard InChI is InChI=1S/C20H22N2O4S/c1-4-9-22-13(2)10-15(14(22)3)17(23)11-25-19(24)12-27-20-21-16-7-5-6-8-18(16)26-20/h5-8,10H,4,9,11-12H2,1-3H3. The minimum atomic E-state index is -0.474. The molecule has 0 unspecified atom stereocenters. The van der Waals surface area contributed by atoms with E-state index in [2.05, 4.69) is 16.5 Å². The van der Waals surface area contributed by atoms with Gasteiger partial charge in [0.15, 0.2) is 12.2 Å². The van der Waals surface area contributed by atoms with Gasteiger partial charge in [-0.05, 0) is 38.5 Å². The molecule has 0 saturated heterocycles. The fraction of sp³-hybridized carbons (Fsp3) is 0.350. The average molecular weight is 386 g/mol. The van der Waals surface area contributed by atoms with Crippen LogP contribution < -0.4 is 0 Å². The number of hydrogen-bond donors (Lipinski definition) is 0. The number of aryl methyl sites for hydroxylation is 1. The summed E-state index contributed by atoms with van der Waals surface area (Å²) < 4.78 is 12.8. The molecule has 3 aromatic rings. The number of hydrogen-bond acceptors (Lipinski definition) is 6. The van der Waals surface area contributed by atoms with Crippen molar-refractivity contribution in [3.05, 3.63) is 47.3 Å². The maximum absolute atomic E-state index is 12.4. The van der Waals surface area contributed by atoms with E-state index in [1.807, 2.05) is 44.2 Å². The van der Waals surface area contributed by atoms with Crippen molar-refractivity contribution in [2.45, 2.75) is 39.0 Å². The van der Waals surface area contributed by atoms with Gasteiger partial charge in [0.1, 0.15) is 11.3 Å². The number of nitrogens with zero attached hydrogens (tertiary/aromatic N) is 2. The van der Waals surface area contributed by atoms with Gasteiger partial charge in [0, 0.05) is 23.5 Å². The highest BCUT2D eigenvalue weighted by atomic mass is 32.2. The van der Waals surface area contributed by atoms with Gasteiger partial charge in [-0.15, -0.1) is 0 Å². The highest BCUT2D eigenvalue weighted by molar-refractivity contribution is 7.99. The number of para-hydroxylation sites is 2. The van der Waals surface area contributed by atoms with E-state index >= 15 is 0 Å². The number of Topliss-reactive ketones (excluding diaryl/α,β-unsaturated/α-hetero) is 1. The third-order valence-corrected chi connectivity index (χ3v) is 5.07. The van der Waals surface area contributed by atoms with Crippen LogP contribution in [-0.4, -0.2) is 33.7 Å². The molecule has 7 heteroatoms. The molecule has 0 aliphatic heterocycles. The summed E-state index contributed by atoms with van der Waals surface area (Å²) in [4.78, 5) is 28.6. The molecule has 1 aromatic carbocycles. The number of thioether (sulfide) groups is 1. The molecule has 2 aromatic heterocycles. The van der Waals surface area contributed by atoms with Crippen molar-refractivity contribution in [1.29, 1.82) is 0 Å². The molecule has 6 nitrogen and oxygen atoms in total. The van der Waals surface area contributed by atoms with Gasteiger partial charge in [0.25, 0.3) is 5.22 Å². The number of aromatic nitrogens is 2. The highest BCUT2D eigenvalue weighted by Crippen LogP contribution is 2.23. The largest absolute Gasteiger partial charge is 0.457 e. The molecule has 142 valence electrons. The van der Waals surface area contributed by atoms with E-state index < -0.39 is 5.97 Å². The second kappa shape index (κ2) is 8.43. The Morgan fingerprint density at radius 3 is 2.78 bits per heavy atom. The second-order valence-electron chi connectivity index (χ2n) is 6.26. The van der Waals surface area contributed by atoms with Crippen molar-refractivity contribution in [1.82, 2.24) is 9.55 Å². The first-order chi connectivity index (χ1) is 13.0. The number of esters is 1. The predicted molar refractivity (Wildman–Crippen MR) is 104 cm³/mol. The smallest absolute Gasteiger partial charge is 0.316 e. The maximum atomic E-state index is 12.4. The Morgan fingerprint density at radius 1 is 1.26 bits per heavy atom. The van der Waals surface area contributed by atoms with E-state index in [0.717, 1.165) is 41.6 Å². The first kappa shape index (κ1) is 19.2. The number of rotatable bonds is 8. The molecule has 0 aliphatic carbocycles. The van der Waals surface area contributed by atoms with Crippen molar-refractivity contribution >= 4 is 34.6 Å². The number of ether oxygens (including phenoxy) is 1. The van der Waals surface area contributed by atoms with Crippen LogP contribution in [0, 0.1) is 13.8 Å². The summed E-state index contributed by atoms with van der Waals surface area (Å²) in [6.07, 6.45) is 0.992. The lowest BCUT2D eigenvalue weighted by Crippen LogP contribution is -2.16. The van der Waals surface area contributed by atoms with Crippen LogP contribution in [0.3, 0.4) is 0 Å². The van der Waals surface area contributed by atoms with Crippen molar-refractivity contribution in [2.75, 3.05) is 12.4 Å². The first-order valence-corrected chi connectivity index (χ1v) is 9.82. The zero-order valence-electron chi connectivity index (χ0n) is 15.7. The molecular formula is C20H22N2O4S. The lowest BCUT2D eigenvalue weighted by atomic mass is 10.1. The maximum Gasteiger partial charge on any atom is 0.316 e. The van der Waals surface area contributed by atoms with Gasteiger partial charge in [0.2, 0.25) is 5.78 Å². The van der Waals surface area contributed by atoms with Gasteiger partial charge in [-0.1, -0.05) is 30.8 Å². The van der Waals surface area contributed by atoms with Crippen LogP contribution in [0.5, 0.6) is 0 Å². The summed E-state index contributed by atoms with van der Waals surface area (Å²) in [7, 11) is 0. The fourth-order valence-corrected chi connectivity index (χ4v) is 3.59. The van der Waals surface area contributed by atoms with E-state index in [0.29, 0.717) is 16.4 Å². The van der Waals surface area contributed by atoms with Crippen LogP contribution in [0.2, 0.25) is 0 Å². The summed E-state index contributed by atoms with van der Waals surface area (Å²) >= 11 is 1.15. The van der Waals surface area contributed by atoms with E-state index in [9.17, 15) is 9.59 Å². The van der Waals surface area contributed by atoms with Crippen LogP contribution >= 0.6 is 11.8 Å². The van der Waals surface area contributed by atoms with Gasteiger partial charge in [-0.2, -0.15) is 0 Å². The summed E-state index contributed by atoms with van der Waals surface area (Å²) in [6.45, 7) is 6.59. The van der Waals surface area contributed by atoms with Crippen LogP contribution in [-0.2, 0) is 16.1 Å². The second-order valence-corrected chi connectivity index (χ2v) is 7.18. The summed E-state index contributed by atoms with van der Waals surface area (Å²) in [6, 6.07) is 9.25. The molecule has 0 atom stereocenters. The number of ketones is 1. The van der Waals surface area contributed by atoms with Gasteiger partial charge in [0.05, 0.1) is 0 Å². The molecule has 0 radical (unpaired) electrons. The summed E-state index contributed by atoms with van der Waals surface area (Å²) in [5, 5.41) is 0.405. The fourth-order valence-electron chi connectivity index (χ4n) is 2.95. The molecule has 0 bridgehead atoms. The molecule has 0 saturated carbocycles. The van der Waals surface area contributed by atoms with Gasteiger partial charge < -0.3 is 13.7 Å². The molecular weight excluding hydrogens is 364 g/mol. The van der Waals surface area contributed by atoms with E-state index in [-0.39, 0.29) is 18.1 Å². The number of fused-ring (bicyclic) bond motifs is 1. The van der Waals surface area contributed by atoms with Crippen molar-refractivity contribution in [2.24, 2.45) is 0 Å². The molecule has 0 amide bonds. The average Bonchev–Trinajstić information content (AvgIpc) is 3.20. The molecule has 3 rings (SSSR count). The first-order valence-electron chi connectivity index (χ1n) is 8.83. The van der Waals surface area contributed by atoms with Crippen LogP contribution in [0.25, 0.3) is 11.1 Å². The molecule has 27 heavy (non-hydrogen) atoms. The Bertz CT molecular complexity index is 941. The number of carbonyl (C=O) groups is 2. The Morgan fingerprint density at radius 2 is 2.04 bits per heavy atom. The minimum Gasteiger partial charge on any atom is -0.457 e. The quantitative estimate of drug-likeness (QED) is 0.329. The van der Waals surface area contributed by atoms with Gasteiger partial charge in [-0.25, -0.2) is 4.98 Å². The monoisotopic (exact) mass is 386 g/mol. The summed E-state index contributed by atoms with van der Waals surface area (Å²) in [5.41, 5.74) is 3.98. The third kappa shape index (κ3) is 4.42. The zero-order valence-corrected chi connectivity index (χ0v) is 16.5. The lowest BCUT2D eigenvalue weighted by Gasteiger charge is -2.08. The minimum absolute atomic E-state index is 0.0367. The molecule has 2 heterocycles. The topological polar surface area (TPSA) is 74.3 Å². The summed E-state index contributed by atoms with van der Waals surface area (Å²) in [5.74, 6) is -0.627. The van der Waals surface area contributed by atoms with E-state index in [1.165, 1.54) is 0 Å². The Balaban J connectivity index is 1.53. The molecule has 0 fully saturated rings. The Kier molecular flexibility index (Phi) is 6.01. The normalized spacial score (nSPS) is 11.1. The van der Waals surface area contributed by atoms with E-state index in [4.69, 9.17) is 9.15 Å². The molecule has 0 spiro atoms. The van der Waals surface area contributed by atoms with Gasteiger partial charge >= 0.3 is 5.97 Å². The number of benzene rings is 1. The SMILES string of the molecule is CCCn1c(C)cc(C(=O)COC(=O)CSc2nc3ccccc3o2)c1C. The van der Waals surface area contributed by atoms with Crippen LogP contribution in [0.1, 0.15) is 35.1 Å². The van der Waals surface area contributed by atoms with Gasteiger partial charge in [-0.3, -0.25) is 9.59 Å². The van der Waals surface area contributed by atoms with Crippen molar-refractivity contribution < 1.29 is 18.7 Å². The van der Waals surface area contributed by atoms with Crippen molar-refractivity contribution in [3.63, 3.8) is 0 Å².